The van der Waals surface area contributed by atoms with Gasteiger partial charge in [0, 0.05) is 18.1 Å². The Morgan fingerprint density at radius 3 is 3.17 bits per heavy atom. The molecule has 0 saturated carbocycles. The van der Waals surface area contributed by atoms with Gasteiger partial charge in [-0.25, -0.2) is 0 Å². The van der Waals surface area contributed by atoms with Crippen molar-refractivity contribution in [1.82, 2.24) is 9.78 Å². The molecule has 3 N–H and O–H groups in total. The fourth-order valence-corrected chi connectivity index (χ4v) is 1.38. The monoisotopic (exact) mass is 186 g/mol. The number of nitrogens with zero attached hydrogens (tertiary/aromatic N) is 3. The molecule has 0 aromatic carbocycles. The Kier molecular flexibility index (Phi) is 2.98. The summed E-state index contributed by atoms with van der Waals surface area (Å²) < 4.78 is 1.70. The largest absolute Gasteiger partial charge is 0.409 e. The van der Waals surface area contributed by atoms with Crippen molar-refractivity contribution in [1.29, 1.82) is 0 Å². The molecular weight excluding hydrogens is 176 g/mol. The number of hydrogen-bond donors (Lipinski definition) is 2. The summed E-state index contributed by atoms with van der Waals surface area (Å²) in [5.74, 6) is 0.686. The van der Waals surface area contributed by atoms with Gasteiger partial charge in [0.05, 0.1) is 11.9 Å². The van der Waals surface area contributed by atoms with Crippen LogP contribution in [-0.2, 0) is 7.05 Å². The Labute approximate surface area is 74.2 Å². The summed E-state index contributed by atoms with van der Waals surface area (Å²) in [5, 5.41) is 15.1. The van der Waals surface area contributed by atoms with Gasteiger partial charge in [-0.3, -0.25) is 4.68 Å². The van der Waals surface area contributed by atoms with E-state index in [1.54, 1.807) is 10.9 Å². The Morgan fingerprint density at radius 1 is 1.92 bits per heavy atom. The van der Waals surface area contributed by atoms with Crippen LogP contribution in [0.25, 0.3) is 0 Å². The van der Waals surface area contributed by atoms with Crippen LogP contribution in [0.1, 0.15) is 0 Å². The molecule has 0 amide bonds. The van der Waals surface area contributed by atoms with Crippen molar-refractivity contribution in [2.45, 2.75) is 4.90 Å². The molecular formula is C6H10N4OS. The maximum absolute atomic E-state index is 8.25. The summed E-state index contributed by atoms with van der Waals surface area (Å²) in [6, 6.07) is 0. The van der Waals surface area contributed by atoms with Crippen LogP contribution in [-0.4, -0.2) is 26.6 Å². The molecule has 1 heterocycles. The van der Waals surface area contributed by atoms with Gasteiger partial charge in [0.2, 0.25) is 0 Å². The molecule has 5 nitrogen and oxygen atoms in total. The predicted octanol–water partition coefficient (Wildman–Crippen LogP) is 0.259. The number of rotatable bonds is 3. The first kappa shape index (κ1) is 8.92. The molecule has 1 aromatic heterocycles. The van der Waals surface area contributed by atoms with Crippen molar-refractivity contribution in [2.24, 2.45) is 17.9 Å². The quantitative estimate of drug-likeness (QED) is 0.233. The van der Waals surface area contributed by atoms with Crippen molar-refractivity contribution >= 4 is 17.6 Å². The van der Waals surface area contributed by atoms with Crippen molar-refractivity contribution in [3.05, 3.63) is 12.4 Å². The number of nitrogens with two attached hydrogens (primary N) is 1. The molecule has 0 bridgehead atoms. The van der Waals surface area contributed by atoms with Crippen LogP contribution in [0.5, 0.6) is 0 Å². The van der Waals surface area contributed by atoms with Gasteiger partial charge < -0.3 is 10.9 Å². The van der Waals surface area contributed by atoms with Gasteiger partial charge in [-0.05, 0) is 0 Å². The van der Waals surface area contributed by atoms with Gasteiger partial charge in [0.15, 0.2) is 0 Å². The van der Waals surface area contributed by atoms with Crippen molar-refractivity contribution in [3.8, 4) is 0 Å². The average Bonchev–Trinajstić information content (AvgIpc) is 2.47. The highest BCUT2D eigenvalue weighted by atomic mass is 32.2. The van der Waals surface area contributed by atoms with Crippen molar-refractivity contribution < 1.29 is 5.21 Å². The lowest BCUT2D eigenvalue weighted by molar-refractivity contribution is 0.318. The highest BCUT2D eigenvalue weighted by molar-refractivity contribution is 8.00. The van der Waals surface area contributed by atoms with E-state index < -0.39 is 0 Å². The molecule has 12 heavy (non-hydrogen) atoms. The van der Waals surface area contributed by atoms with Crippen LogP contribution >= 0.6 is 11.8 Å². The van der Waals surface area contributed by atoms with Gasteiger partial charge >= 0.3 is 0 Å². The maximum Gasteiger partial charge on any atom is 0.149 e. The summed E-state index contributed by atoms with van der Waals surface area (Å²) in [7, 11) is 1.84. The fourth-order valence-electron chi connectivity index (χ4n) is 0.659. The van der Waals surface area contributed by atoms with Gasteiger partial charge in [-0.2, -0.15) is 5.10 Å². The molecule has 1 aromatic rings. The van der Waals surface area contributed by atoms with E-state index in [0.29, 0.717) is 5.75 Å². The van der Waals surface area contributed by atoms with Gasteiger partial charge in [-0.15, -0.1) is 11.8 Å². The Morgan fingerprint density at radius 2 is 2.67 bits per heavy atom. The number of aromatic nitrogens is 2. The van der Waals surface area contributed by atoms with Crippen LogP contribution in [0.2, 0.25) is 0 Å². The molecule has 0 aliphatic heterocycles. The second kappa shape index (κ2) is 4.01. The lowest BCUT2D eigenvalue weighted by Crippen LogP contribution is -2.13. The molecule has 0 aliphatic carbocycles. The maximum atomic E-state index is 8.25. The smallest absolute Gasteiger partial charge is 0.149 e. The van der Waals surface area contributed by atoms with E-state index in [0.717, 1.165) is 4.90 Å². The van der Waals surface area contributed by atoms with E-state index in [4.69, 9.17) is 10.9 Å². The van der Waals surface area contributed by atoms with E-state index in [1.807, 2.05) is 13.2 Å². The van der Waals surface area contributed by atoms with E-state index in [9.17, 15) is 0 Å². The second-order valence-electron chi connectivity index (χ2n) is 2.23. The molecule has 0 saturated heterocycles. The Hall–Kier alpha value is -1.17. The van der Waals surface area contributed by atoms with E-state index in [-0.39, 0.29) is 5.84 Å². The van der Waals surface area contributed by atoms with Crippen LogP contribution in [0, 0.1) is 0 Å². The predicted molar refractivity (Wildman–Crippen MR) is 47.3 cm³/mol. The number of amidine groups is 1. The molecule has 66 valence electrons. The summed E-state index contributed by atoms with van der Waals surface area (Å²) in [6.45, 7) is 0. The van der Waals surface area contributed by atoms with Crippen LogP contribution in [0.4, 0.5) is 0 Å². The minimum absolute atomic E-state index is 0.212. The molecule has 0 radical (unpaired) electrons. The third-order valence-electron chi connectivity index (χ3n) is 1.20. The minimum atomic E-state index is 0.212. The standard InChI is InChI=1S/C6H10N4OS/c1-10-3-5(2-8-10)12-4-6(7)9-11/h2-3,11H,4H2,1H3,(H2,7,9). The first-order chi connectivity index (χ1) is 5.72. The van der Waals surface area contributed by atoms with Crippen LogP contribution < -0.4 is 5.73 Å². The van der Waals surface area contributed by atoms with Crippen molar-refractivity contribution in [2.75, 3.05) is 5.75 Å². The first-order valence-corrected chi connectivity index (χ1v) is 4.29. The summed E-state index contributed by atoms with van der Waals surface area (Å²) in [6.07, 6.45) is 3.60. The summed E-state index contributed by atoms with van der Waals surface area (Å²) >= 11 is 1.47. The molecule has 6 heteroatoms. The third-order valence-corrected chi connectivity index (χ3v) is 2.18. The SMILES string of the molecule is Cn1cc(SCC(N)=NO)cn1. The second-order valence-corrected chi connectivity index (χ2v) is 3.28. The molecule has 0 fully saturated rings. The molecule has 0 unspecified atom stereocenters. The topological polar surface area (TPSA) is 76.4 Å². The lowest BCUT2D eigenvalue weighted by atomic mass is 10.7. The van der Waals surface area contributed by atoms with E-state index >= 15 is 0 Å². The zero-order chi connectivity index (χ0) is 8.97. The number of thioether (sulfide) groups is 1. The van der Waals surface area contributed by atoms with Gasteiger partial charge in [0.25, 0.3) is 0 Å². The first-order valence-electron chi connectivity index (χ1n) is 3.30. The van der Waals surface area contributed by atoms with E-state index in [1.165, 1.54) is 11.8 Å². The van der Waals surface area contributed by atoms with Gasteiger partial charge in [0.1, 0.15) is 5.84 Å². The number of oxime groups is 1. The zero-order valence-electron chi connectivity index (χ0n) is 6.64. The number of hydrogen-bond acceptors (Lipinski definition) is 4. The van der Waals surface area contributed by atoms with Gasteiger partial charge in [-0.1, -0.05) is 5.16 Å². The summed E-state index contributed by atoms with van der Waals surface area (Å²) in [4.78, 5) is 1.00. The zero-order valence-corrected chi connectivity index (χ0v) is 7.45. The minimum Gasteiger partial charge on any atom is -0.409 e. The summed E-state index contributed by atoms with van der Waals surface area (Å²) in [5.41, 5.74) is 5.28. The fraction of sp³-hybridized carbons (Fsp3) is 0.333. The lowest BCUT2D eigenvalue weighted by Gasteiger charge is -1.94. The molecule has 0 spiro atoms. The Balaban J connectivity index is 2.43. The molecule has 0 atom stereocenters. The molecule has 1 rings (SSSR count). The van der Waals surface area contributed by atoms with Crippen molar-refractivity contribution in [3.63, 3.8) is 0 Å². The molecule has 0 aliphatic rings. The highest BCUT2D eigenvalue weighted by Crippen LogP contribution is 2.15. The van der Waals surface area contributed by atoms with E-state index in [2.05, 4.69) is 10.3 Å². The highest BCUT2D eigenvalue weighted by Gasteiger charge is 1.98. The number of aryl methyl sites for hydroxylation is 1. The average molecular weight is 186 g/mol. The Bertz CT molecular complexity index is 283. The normalized spacial score (nSPS) is 11.9. The van der Waals surface area contributed by atoms with Crippen LogP contribution in [0.3, 0.4) is 0 Å². The third kappa shape index (κ3) is 2.46. The van der Waals surface area contributed by atoms with Crippen LogP contribution in [0.15, 0.2) is 22.4 Å².